The van der Waals surface area contributed by atoms with Gasteiger partial charge in [0.25, 0.3) is 0 Å². The van der Waals surface area contributed by atoms with E-state index in [9.17, 15) is 0 Å². The zero-order valence-corrected chi connectivity index (χ0v) is 15.8. The summed E-state index contributed by atoms with van der Waals surface area (Å²) in [6, 6.07) is 31.0. The Morgan fingerprint density at radius 3 is 2.00 bits per heavy atom. The summed E-state index contributed by atoms with van der Waals surface area (Å²) in [5.41, 5.74) is 5.57. The summed E-state index contributed by atoms with van der Waals surface area (Å²) in [6.07, 6.45) is 1.80. The number of aromatic nitrogens is 2. The lowest BCUT2D eigenvalue weighted by molar-refractivity contribution is 0.118. The van der Waals surface area contributed by atoms with Crippen molar-refractivity contribution < 1.29 is 4.74 Å². The van der Waals surface area contributed by atoms with Crippen LogP contribution in [-0.2, 0) is 17.8 Å². The molecule has 0 aliphatic rings. The number of ether oxygens (including phenoxy) is 1. The molecule has 0 aliphatic carbocycles. The van der Waals surface area contributed by atoms with Gasteiger partial charge in [-0.15, -0.1) is 0 Å². The van der Waals surface area contributed by atoms with Crippen LogP contribution in [0.15, 0.2) is 91.0 Å². The van der Waals surface area contributed by atoms with Crippen molar-refractivity contribution in [1.29, 1.82) is 0 Å². The molecular weight excluding hydrogens is 344 g/mol. The summed E-state index contributed by atoms with van der Waals surface area (Å²) in [6.45, 7) is 1.38. The zero-order chi connectivity index (χ0) is 19.0. The molecule has 3 nitrogen and oxygen atoms in total. The van der Waals surface area contributed by atoms with Crippen LogP contribution in [0.25, 0.3) is 22.5 Å². The summed E-state index contributed by atoms with van der Waals surface area (Å²) in [5, 5.41) is 0. The molecule has 0 saturated heterocycles. The number of hydrogen-bond donors (Lipinski definition) is 1. The molecule has 3 heteroatoms. The van der Waals surface area contributed by atoms with Gasteiger partial charge in [0.1, 0.15) is 5.82 Å². The third-order valence-corrected chi connectivity index (χ3v) is 4.68. The number of aryl methyl sites for hydroxylation is 1. The van der Waals surface area contributed by atoms with Gasteiger partial charge in [0.2, 0.25) is 0 Å². The molecule has 0 spiro atoms. The van der Waals surface area contributed by atoms with Crippen LogP contribution in [0.2, 0.25) is 0 Å². The van der Waals surface area contributed by atoms with Crippen LogP contribution in [0.5, 0.6) is 0 Å². The SMILES string of the molecule is c1ccc(COCCCc2nc(-c3ccccc3)c(-c3ccccc3)[nH]2)cc1. The van der Waals surface area contributed by atoms with Crippen molar-refractivity contribution in [2.75, 3.05) is 6.61 Å². The standard InChI is InChI=1S/C25H24N2O/c1-4-11-20(12-5-1)19-28-18-10-17-23-26-24(21-13-6-2-7-14-21)25(27-23)22-15-8-3-9-16-22/h1-9,11-16H,10,17-19H2,(H,26,27). The normalized spacial score (nSPS) is 10.9. The minimum atomic E-state index is 0.656. The molecule has 0 bridgehead atoms. The van der Waals surface area contributed by atoms with Gasteiger partial charge < -0.3 is 9.72 Å². The average Bonchev–Trinajstić information content (AvgIpc) is 3.20. The van der Waals surface area contributed by atoms with Crippen molar-refractivity contribution in [3.8, 4) is 22.5 Å². The fourth-order valence-electron chi connectivity index (χ4n) is 3.27. The van der Waals surface area contributed by atoms with Gasteiger partial charge in [-0.2, -0.15) is 0 Å². The summed E-state index contributed by atoms with van der Waals surface area (Å²) in [5.74, 6) is 1.00. The van der Waals surface area contributed by atoms with E-state index < -0.39 is 0 Å². The molecule has 1 heterocycles. The highest BCUT2D eigenvalue weighted by Crippen LogP contribution is 2.30. The first-order valence-corrected chi connectivity index (χ1v) is 9.71. The maximum absolute atomic E-state index is 5.81. The zero-order valence-electron chi connectivity index (χ0n) is 15.8. The van der Waals surface area contributed by atoms with E-state index in [4.69, 9.17) is 9.72 Å². The summed E-state index contributed by atoms with van der Waals surface area (Å²) in [4.78, 5) is 8.44. The van der Waals surface area contributed by atoms with Crippen molar-refractivity contribution in [2.45, 2.75) is 19.4 Å². The fraction of sp³-hybridized carbons (Fsp3) is 0.160. The van der Waals surface area contributed by atoms with Crippen molar-refractivity contribution in [1.82, 2.24) is 9.97 Å². The molecular formula is C25H24N2O. The number of benzene rings is 3. The Hall–Kier alpha value is -3.17. The number of nitrogens with one attached hydrogen (secondary N) is 1. The molecule has 1 N–H and O–H groups in total. The van der Waals surface area contributed by atoms with E-state index >= 15 is 0 Å². The molecule has 1 aromatic heterocycles. The molecule has 0 aliphatic heterocycles. The molecule has 28 heavy (non-hydrogen) atoms. The van der Waals surface area contributed by atoms with Gasteiger partial charge in [0.05, 0.1) is 18.0 Å². The fourth-order valence-corrected chi connectivity index (χ4v) is 3.27. The van der Waals surface area contributed by atoms with E-state index in [1.54, 1.807) is 0 Å². The van der Waals surface area contributed by atoms with Gasteiger partial charge in [-0.25, -0.2) is 4.98 Å². The Labute approximate surface area is 166 Å². The quantitative estimate of drug-likeness (QED) is 0.394. The minimum absolute atomic E-state index is 0.656. The van der Waals surface area contributed by atoms with E-state index in [1.807, 2.05) is 30.3 Å². The van der Waals surface area contributed by atoms with Crippen molar-refractivity contribution >= 4 is 0 Å². The molecule has 0 amide bonds. The van der Waals surface area contributed by atoms with Gasteiger partial charge in [0.15, 0.2) is 0 Å². The lowest BCUT2D eigenvalue weighted by Gasteiger charge is -2.03. The molecule has 0 saturated carbocycles. The van der Waals surface area contributed by atoms with E-state index in [0.717, 1.165) is 47.8 Å². The van der Waals surface area contributed by atoms with Crippen LogP contribution < -0.4 is 0 Å². The third-order valence-electron chi connectivity index (χ3n) is 4.68. The lowest BCUT2D eigenvalue weighted by Crippen LogP contribution is -1.98. The molecule has 4 aromatic rings. The van der Waals surface area contributed by atoms with Crippen molar-refractivity contribution in [2.24, 2.45) is 0 Å². The topological polar surface area (TPSA) is 37.9 Å². The minimum Gasteiger partial charge on any atom is -0.377 e. The average molecular weight is 368 g/mol. The Kier molecular flexibility index (Phi) is 5.95. The van der Waals surface area contributed by atoms with Gasteiger partial charge in [0, 0.05) is 24.2 Å². The van der Waals surface area contributed by atoms with Gasteiger partial charge in [-0.3, -0.25) is 0 Å². The van der Waals surface area contributed by atoms with Crippen LogP contribution in [0.1, 0.15) is 17.8 Å². The van der Waals surface area contributed by atoms with E-state index in [-0.39, 0.29) is 0 Å². The Morgan fingerprint density at radius 1 is 0.714 bits per heavy atom. The second kappa shape index (κ2) is 9.16. The predicted octanol–water partition coefficient (Wildman–Crippen LogP) is 5.89. The molecule has 0 unspecified atom stereocenters. The third kappa shape index (κ3) is 4.56. The van der Waals surface area contributed by atoms with Gasteiger partial charge >= 0.3 is 0 Å². The second-order valence-corrected chi connectivity index (χ2v) is 6.78. The number of aromatic amines is 1. The summed E-state index contributed by atoms with van der Waals surface area (Å²) >= 11 is 0. The van der Waals surface area contributed by atoms with Crippen LogP contribution in [0.3, 0.4) is 0 Å². The Morgan fingerprint density at radius 2 is 1.32 bits per heavy atom. The van der Waals surface area contributed by atoms with Gasteiger partial charge in [-0.1, -0.05) is 91.0 Å². The molecule has 140 valence electrons. The Balaban J connectivity index is 1.44. The first kappa shape index (κ1) is 18.2. The number of hydrogen-bond acceptors (Lipinski definition) is 2. The molecule has 0 atom stereocenters. The summed E-state index contributed by atoms with van der Waals surface area (Å²) in [7, 11) is 0. The highest BCUT2D eigenvalue weighted by Gasteiger charge is 2.13. The largest absolute Gasteiger partial charge is 0.377 e. The maximum Gasteiger partial charge on any atom is 0.107 e. The Bertz CT molecular complexity index is 922. The van der Waals surface area contributed by atoms with Crippen LogP contribution in [0, 0.1) is 0 Å². The molecule has 4 rings (SSSR count). The highest BCUT2D eigenvalue weighted by molar-refractivity contribution is 5.78. The first-order valence-electron chi connectivity index (χ1n) is 9.71. The first-order chi connectivity index (χ1) is 13.9. The maximum atomic E-state index is 5.81. The predicted molar refractivity (Wildman–Crippen MR) is 114 cm³/mol. The number of H-pyrrole nitrogens is 1. The summed E-state index contributed by atoms with van der Waals surface area (Å²) < 4.78 is 5.81. The smallest absolute Gasteiger partial charge is 0.107 e. The number of nitrogens with zero attached hydrogens (tertiary/aromatic N) is 1. The van der Waals surface area contributed by atoms with E-state index in [0.29, 0.717) is 6.61 Å². The second-order valence-electron chi connectivity index (χ2n) is 6.78. The molecule has 0 radical (unpaired) electrons. The molecule has 3 aromatic carbocycles. The van der Waals surface area contributed by atoms with Crippen LogP contribution >= 0.6 is 0 Å². The van der Waals surface area contributed by atoms with Crippen LogP contribution in [0.4, 0.5) is 0 Å². The molecule has 0 fully saturated rings. The van der Waals surface area contributed by atoms with Gasteiger partial charge in [-0.05, 0) is 12.0 Å². The van der Waals surface area contributed by atoms with Crippen molar-refractivity contribution in [3.63, 3.8) is 0 Å². The van der Waals surface area contributed by atoms with Crippen molar-refractivity contribution in [3.05, 3.63) is 102 Å². The van der Waals surface area contributed by atoms with E-state index in [2.05, 4.69) is 65.6 Å². The van der Waals surface area contributed by atoms with Crippen LogP contribution in [-0.4, -0.2) is 16.6 Å². The number of imidazole rings is 1. The lowest BCUT2D eigenvalue weighted by atomic mass is 10.1. The highest BCUT2D eigenvalue weighted by atomic mass is 16.5. The number of rotatable bonds is 8. The van der Waals surface area contributed by atoms with E-state index in [1.165, 1.54) is 5.56 Å². The monoisotopic (exact) mass is 368 g/mol.